The lowest BCUT2D eigenvalue weighted by Crippen LogP contribution is -2.49. The van der Waals surface area contributed by atoms with E-state index in [2.05, 4.69) is 10.2 Å². The van der Waals surface area contributed by atoms with Crippen LogP contribution < -0.4 is 5.32 Å². The largest absolute Gasteiger partial charge is 0.336 e. The number of nitrogens with zero attached hydrogens (tertiary/aromatic N) is 2. The van der Waals surface area contributed by atoms with Crippen LogP contribution in [0.2, 0.25) is 0 Å². The highest BCUT2D eigenvalue weighted by Gasteiger charge is 2.24. The van der Waals surface area contributed by atoms with E-state index in [1.807, 2.05) is 48.2 Å². The van der Waals surface area contributed by atoms with Crippen molar-refractivity contribution in [1.29, 1.82) is 0 Å². The SMILES string of the molecule is Cc1ccc(C(=O)CCN2CCN(C(=O)c3ccc4c(c3)CCC(=O)N4)CC2)cc1. The molecule has 4 rings (SSSR count). The van der Waals surface area contributed by atoms with Crippen LogP contribution in [0.4, 0.5) is 5.69 Å². The van der Waals surface area contributed by atoms with Crippen LogP contribution in [0.3, 0.4) is 0 Å². The summed E-state index contributed by atoms with van der Waals surface area (Å²) in [7, 11) is 0. The van der Waals surface area contributed by atoms with Gasteiger partial charge in [0.2, 0.25) is 5.91 Å². The number of aryl methyl sites for hydroxylation is 2. The van der Waals surface area contributed by atoms with Gasteiger partial charge >= 0.3 is 0 Å². The molecule has 0 saturated carbocycles. The third-order valence-electron chi connectivity index (χ3n) is 5.94. The topological polar surface area (TPSA) is 69.7 Å². The maximum atomic E-state index is 12.9. The number of amides is 2. The predicted octanol–water partition coefficient (Wildman–Crippen LogP) is 2.91. The molecule has 0 bridgehead atoms. The third kappa shape index (κ3) is 4.60. The normalized spacial score (nSPS) is 16.7. The van der Waals surface area contributed by atoms with Gasteiger partial charge in [-0.25, -0.2) is 0 Å². The molecule has 1 saturated heterocycles. The molecule has 0 aromatic heterocycles. The molecule has 2 aromatic rings. The van der Waals surface area contributed by atoms with E-state index in [1.165, 1.54) is 0 Å². The van der Waals surface area contributed by atoms with Crippen molar-refractivity contribution < 1.29 is 14.4 Å². The van der Waals surface area contributed by atoms with E-state index in [4.69, 9.17) is 0 Å². The van der Waals surface area contributed by atoms with Crippen molar-refractivity contribution in [1.82, 2.24) is 9.80 Å². The summed E-state index contributed by atoms with van der Waals surface area (Å²) in [5.41, 5.74) is 4.42. The number of anilines is 1. The molecule has 30 heavy (non-hydrogen) atoms. The number of nitrogens with one attached hydrogen (secondary N) is 1. The number of carbonyl (C=O) groups excluding carboxylic acids is 3. The average molecular weight is 405 g/mol. The van der Waals surface area contributed by atoms with Gasteiger partial charge in [0.25, 0.3) is 5.91 Å². The first kappa shape index (κ1) is 20.3. The first-order chi connectivity index (χ1) is 14.5. The number of benzene rings is 2. The molecule has 0 atom stereocenters. The summed E-state index contributed by atoms with van der Waals surface area (Å²) < 4.78 is 0. The lowest BCUT2D eigenvalue weighted by Gasteiger charge is -2.34. The zero-order chi connectivity index (χ0) is 21.1. The van der Waals surface area contributed by atoms with E-state index >= 15 is 0 Å². The highest BCUT2D eigenvalue weighted by atomic mass is 16.2. The first-order valence-corrected chi connectivity index (χ1v) is 10.5. The quantitative estimate of drug-likeness (QED) is 0.777. The Hall–Kier alpha value is -2.99. The van der Waals surface area contributed by atoms with E-state index in [0.29, 0.717) is 44.5 Å². The van der Waals surface area contributed by atoms with Crippen LogP contribution in [0.25, 0.3) is 0 Å². The molecule has 0 spiro atoms. The van der Waals surface area contributed by atoms with E-state index in [-0.39, 0.29) is 17.6 Å². The molecule has 1 fully saturated rings. The monoisotopic (exact) mass is 405 g/mol. The molecule has 6 heteroatoms. The van der Waals surface area contributed by atoms with Gasteiger partial charge in [0, 0.05) is 62.4 Å². The van der Waals surface area contributed by atoms with Crippen LogP contribution in [0.15, 0.2) is 42.5 Å². The van der Waals surface area contributed by atoms with Crippen molar-refractivity contribution in [2.45, 2.75) is 26.2 Å². The fourth-order valence-corrected chi connectivity index (χ4v) is 4.02. The van der Waals surface area contributed by atoms with Gasteiger partial charge in [-0.1, -0.05) is 29.8 Å². The Balaban J connectivity index is 1.28. The second-order valence-corrected chi connectivity index (χ2v) is 8.09. The minimum atomic E-state index is 0.0264. The molecule has 2 heterocycles. The fraction of sp³-hybridized carbons (Fsp3) is 0.375. The number of piperazine rings is 1. The van der Waals surface area contributed by atoms with Crippen molar-refractivity contribution in [3.05, 3.63) is 64.7 Å². The van der Waals surface area contributed by atoms with Gasteiger partial charge < -0.3 is 10.2 Å². The number of ketones is 1. The Bertz CT molecular complexity index is 960. The number of carbonyl (C=O) groups is 3. The van der Waals surface area contributed by atoms with Crippen molar-refractivity contribution in [3.8, 4) is 0 Å². The van der Waals surface area contributed by atoms with E-state index < -0.39 is 0 Å². The molecule has 6 nitrogen and oxygen atoms in total. The van der Waals surface area contributed by atoms with Gasteiger partial charge in [-0.3, -0.25) is 19.3 Å². The number of hydrogen-bond donors (Lipinski definition) is 1. The molecule has 156 valence electrons. The van der Waals surface area contributed by atoms with Crippen LogP contribution in [0.1, 0.15) is 44.7 Å². The highest BCUT2D eigenvalue weighted by Crippen LogP contribution is 2.24. The molecule has 0 aliphatic carbocycles. The number of fused-ring (bicyclic) bond motifs is 1. The molecule has 0 unspecified atom stereocenters. The van der Waals surface area contributed by atoms with Gasteiger partial charge in [-0.05, 0) is 37.1 Å². The number of Topliss-reactive ketones (excluding diaryl/α,β-unsaturated/α-hetero) is 1. The number of rotatable bonds is 5. The Morgan fingerprint density at radius 1 is 0.933 bits per heavy atom. The maximum Gasteiger partial charge on any atom is 0.253 e. The molecular formula is C24H27N3O3. The van der Waals surface area contributed by atoms with Crippen molar-refractivity contribution in [2.75, 3.05) is 38.0 Å². The zero-order valence-corrected chi connectivity index (χ0v) is 17.3. The van der Waals surface area contributed by atoms with E-state index in [0.717, 1.165) is 35.5 Å². The molecule has 2 aliphatic heterocycles. The van der Waals surface area contributed by atoms with Crippen LogP contribution in [0.5, 0.6) is 0 Å². The molecule has 2 aromatic carbocycles. The van der Waals surface area contributed by atoms with Gasteiger partial charge in [-0.15, -0.1) is 0 Å². The van der Waals surface area contributed by atoms with Crippen molar-refractivity contribution >= 4 is 23.3 Å². The van der Waals surface area contributed by atoms with Gasteiger partial charge in [0.05, 0.1) is 0 Å². The average Bonchev–Trinajstić information content (AvgIpc) is 2.77. The standard InChI is InChI=1S/C24H27N3O3/c1-17-2-4-18(5-3-17)22(28)10-11-26-12-14-27(15-13-26)24(30)20-6-8-21-19(16-20)7-9-23(29)25-21/h2-6,8,16H,7,9-15H2,1H3,(H,25,29). The lowest BCUT2D eigenvalue weighted by molar-refractivity contribution is -0.116. The smallest absolute Gasteiger partial charge is 0.253 e. The second-order valence-electron chi connectivity index (χ2n) is 8.09. The summed E-state index contributed by atoms with van der Waals surface area (Å²) in [4.78, 5) is 40.9. The predicted molar refractivity (Wildman–Crippen MR) is 116 cm³/mol. The second kappa shape index (κ2) is 8.79. The van der Waals surface area contributed by atoms with Crippen LogP contribution in [-0.2, 0) is 11.2 Å². The summed E-state index contributed by atoms with van der Waals surface area (Å²) in [5.74, 6) is 0.221. The van der Waals surface area contributed by atoms with Gasteiger partial charge in [-0.2, -0.15) is 0 Å². The van der Waals surface area contributed by atoms with Crippen LogP contribution >= 0.6 is 0 Å². The maximum absolute atomic E-state index is 12.9. The van der Waals surface area contributed by atoms with Crippen molar-refractivity contribution in [2.24, 2.45) is 0 Å². The molecule has 0 radical (unpaired) electrons. The number of hydrogen-bond acceptors (Lipinski definition) is 4. The van der Waals surface area contributed by atoms with Crippen molar-refractivity contribution in [3.63, 3.8) is 0 Å². The molecule has 2 amide bonds. The fourth-order valence-electron chi connectivity index (χ4n) is 4.02. The minimum Gasteiger partial charge on any atom is -0.336 e. The minimum absolute atomic E-state index is 0.0264. The summed E-state index contributed by atoms with van der Waals surface area (Å²) >= 11 is 0. The Kier molecular flexibility index (Phi) is 5.95. The molecular weight excluding hydrogens is 378 g/mol. The Morgan fingerprint density at radius 2 is 1.63 bits per heavy atom. The zero-order valence-electron chi connectivity index (χ0n) is 17.3. The summed E-state index contributed by atoms with van der Waals surface area (Å²) in [6.07, 6.45) is 1.63. The molecule has 2 aliphatic rings. The Labute approximate surface area is 176 Å². The molecule has 1 N–H and O–H groups in total. The Morgan fingerprint density at radius 3 is 2.37 bits per heavy atom. The lowest BCUT2D eigenvalue weighted by atomic mass is 10.00. The highest BCUT2D eigenvalue weighted by molar-refractivity contribution is 5.98. The summed E-state index contributed by atoms with van der Waals surface area (Å²) in [5, 5.41) is 2.85. The van der Waals surface area contributed by atoms with Gasteiger partial charge in [0.1, 0.15) is 0 Å². The van der Waals surface area contributed by atoms with Crippen LogP contribution in [0, 0.1) is 6.92 Å². The van der Waals surface area contributed by atoms with Crippen LogP contribution in [-0.4, -0.2) is 60.1 Å². The summed E-state index contributed by atoms with van der Waals surface area (Å²) in [6.45, 7) is 5.59. The van der Waals surface area contributed by atoms with E-state index in [9.17, 15) is 14.4 Å². The summed E-state index contributed by atoms with van der Waals surface area (Å²) in [6, 6.07) is 13.2. The third-order valence-corrected chi connectivity index (χ3v) is 5.94. The van der Waals surface area contributed by atoms with E-state index in [1.54, 1.807) is 6.07 Å². The first-order valence-electron chi connectivity index (χ1n) is 10.5. The van der Waals surface area contributed by atoms with Gasteiger partial charge in [0.15, 0.2) is 5.78 Å².